The van der Waals surface area contributed by atoms with Crippen LogP contribution in [0.5, 0.6) is 0 Å². The first-order chi connectivity index (χ1) is 4.16. The van der Waals surface area contributed by atoms with E-state index in [1.54, 1.807) is 0 Å². The molecule has 0 aliphatic carbocycles. The molecule has 0 fully saturated rings. The number of hydrogen-bond donors (Lipinski definition) is 2. The average Bonchev–Trinajstić information content (AvgIpc) is 1.63. The molecule has 0 atom stereocenters. The molecule has 0 saturated heterocycles. The maximum Gasteiger partial charge on any atom is 0.311 e. The summed E-state index contributed by atoms with van der Waals surface area (Å²) in [5.41, 5.74) is 0. The summed E-state index contributed by atoms with van der Waals surface area (Å²) in [6, 6.07) is 0. The molecule has 0 radical (unpaired) electrons. The highest BCUT2D eigenvalue weighted by molar-refractivity contribution is 5.69. The third-order valence-electron chi connectivity index (χ3n) is 0.772. The molecule has 52 valence electrons. The number of carbonyl (C=O) groups is 1. The van der Waals surface area contributed by atoms with E-state index in [-0.39, 0.29) is 12.2 Å². The monoisotopic (exact) mass is 130 g/mol. The third kappa shape index (κ3) is 4.87. The summed E-state index contributed by atoms with van der Waals surface area (Å²) < 4.78 is 0. The fourth-order valence-electron chi connectivity index (χ4n) is 0.463. The summed E-state index contributed by atoms with van der Waals surface area (Å²) in [6.07, 6.45) is 1.88. The van der Waals surface area contributed by atoms with E-state index in [1.807, 2.05) is 6.92 Å². The SMILES string of the molecule is CC/C=C(\O)CC(=O)O. The van der Waals surface area contributed by atoms with Crippen molar-refractivity contribution < 1.29 is 15.0 Å². The van der Waals surface area contributed by atoms with Crippen molar-refractivity contribution in [1.29, 1.82) is 0 Å². The van der Waals surface area contributed by atoms with E-state index >= 15 is 0 Å². The molecule has 3 nitrogen and oxygen atoms in total. The summed E-state index contributed by atoms with van der Waals surface area (Å²) in [5, 5.41) is 16.8. The van der Waals surface area contributed by atoms with Crippen LogP contribution in [0.15, 0.2) is 11.8 Å². The molecule has 0 aromatic rings. The Balaban J connectivity index is 3.62. The molecule has 0 aliphatic heterocycles. The number of hydrogen-bond acceptors (Lipinski definition) is 2. The Labute approximate surface area is 53.6 Å². The first kappa shape index (κ1) is 8.01. The van der Waals surface area contributed by atoms with Crippen molar-refractivity contribution in [1.82, 2.24) is 0 Å². The number of rotatable bonds is 3. The van der Waals surface area contributed by atoms with Crippen LogP contribution in [0.2, 0.25) is 0 Å². The van der Waals surface area contributed by atoms with Crippen LogP contribution in [-0.4, -0.2) is 16.2 Å². The largest absolute Gasteiger partial charge is 0.512 e. The van der Waals surface area contributed by atoms with Crippen molar-refractivity contribution in [2.45, 2.75) is 19.8 Å². The van der Waals surface area contributed by atoms with Gasteiger partial charge < -0.3 is 10.2 Å². The molecular formula is C6H10O3. The Kier molecular flexibility index (Phi) is 3.51. The zero-order valence-corrected chi connectivity index (χ0v) is 5.29. The van der Waals surface area contributed by atoms with Crippen LogP contribution in [0, 0.1) is 0 Å². The number of aliphatic hydroxyl groups excluding tert-OH is 1. The number of aliphatic carboxylic acids is 1. The fourth-order valence-corrected chi connectivity index (χ4v) is 0.463. The lowest BCUT2D eigenvalue weighted by Gasteiger charge is -1.91. The maximum atomic E-state index is 9.88. The third-order valence-corrected chi connectivity index (χ3v) is 0.772. The quantitative estimate of drug-likeness (QED) is 0.566. The summed E-state index contributed by atoms with van der Waals surface area (Å²) in [7, 11) is 0. The van der Waals surface area contributed by atoms with Gasteiger partial charge >= 0.3 is 5.97 Å². The minimum Gasteiger partial charge on any atom is -0.512 e. The molecule has 0 aromatic heterocycles. The predicted octanol–water partition coefficient (Wildman–Crippen LogP) is 1.31. The van der Waals surface area contributed by atoms with Gasteiger partial charge in [0.1, 0.15) is 6.42 Å². The summed E-state index contributed by atoms with van der Waals surface area (Å²) in [4.78, 5) is 9.88. The molecule has 0 saturated carbocycles. The highest BCUT2D eigenvalue weighted by atomic mass is 16.4. The molecule has 0 amide bonds. The first-order valence-corrected chi connectivity index (χ1v) is 2.76. The van der Waals surface area contributed by atoms with E-state index in [2.05, 4.69) is 0 Å². The lowest BCUT2D eigenvalue weighted by molar-refractivity contribution is -0.136. The molecule has 0 bridgehead atoms. The second-order valence-corrected chi connectivity index (χ2v) is 1.67. The van der Waals surface area contributed by atoms with Crippen LogP contribution in [0.3, 0.4) is 0 Å². The van der Waals surface area contributed by atoms with Gasteiger partial charge in [-0.3, -0.25) is 4.79 Å². The number of carboxylic acid groups (broad SMARTS) is 1. The second kappa shape index (κ2) is 3.95. The van der Waals surface area contributed by atoms with Gasteiger partial charge in [0.25, 0.3) is 0 Å². The number of aliphatic hydroxyl groups is 1. The van der Waals surface area contributed by atoms with Crippen molar-refractivity contribution in [3.8, 4) is 0 Å². The minimum atomic E-state index is -1.00. The molecule has 2 N–H and O–H groups in total. The normalized spacial score (nSPS) is 11.4. The molecular weight excluding hydrogens is 120 g/mol. The molecule has 0 unspecified atom stereocenters. The van der Waals surface area contributed by atoms with Crippen LogP contribution >= 0.6 is 0 Å². The van der Waals surface area contributed by atoms with Gasteiger partial charge in [-0.2, -0.15) is 0 Å². The number of allylic oxidation sites excluding steroid dienone is 1. The zero-order chi connectivity index (χ0) is 7.28. The van der Waals surface area contributed by atoms with E-state index in [0.717, 1.165) is 0 Å². The Morgan fingerprint density at radius 1 is 1.56 bits per heavy atom. The fraction of sp³-hybridized carbons (Fsp3) is 0.500. The molecule has 0 aliphatic rings. The Morgan fingerprint density at radius 3 is 2.44 bits per heavy atom. The Hall–Kier alpha value is -0.990. The van der Waals surface area contributed by atoms with Crippen molar-refractivity contribution in [3.63, 3.8) is 0 Å². The lowest BCUT2D eigenvalue weighted by atomic mass is 10.3. The molecule has 0 aromatic carbocycles. The predicted molar refractivity (Wildman–Crippen MR) is 33.3 cm³/mol. The van der Waals surface area contributed by atoms with Crippen molar-refractivity contribution in [3.05, 3.63) is 11.8 Å². The molecule has 3 heteroatoms. The lowest BCUT2D eigenvalue weighted by Crippen LogP contribution is -1.95. The minimum absolute atomic E-state index is 0.0648. The second-order valence-electron chi connectivity index (χ2n) is 1.67. The van der Waals surface area contributed by atoms with Crippen molar-refractivity contribution >= 4 is 5.97 Å². The van der Waals surface area contributed by atoms with Crippen LogP contribution < -0.4 is 0 Å². The van der Waals surface area contributed by atoms with Gasteiger partial charge in [-0.25, -0.2) is 0 Å². The van der Waals surface area contributed by atoms with Gasteiger partial charge in [0.05, 0.1) is 5.76 Å². The maximum absolute atomic E-state index is 9.88. The average molecular weight is 130 g/mol. The summed E-state index contributed by atoms with van der Waals surface area (Å²) >= 11 is 0. The van der Waals surface area contributed by atoms with Gasteiger partial charge in [-0.05, 0) is 12.5 Å². The smallest absolute Gasteiger partial charge is 0.311 e. The first-order valence-electron chi connectivity index (χ1n) is 2.76. The van der Waals surface area contributed by atoms with Crippen molar-refractivity contribution in [2.24, 2.45) is 0 Å². The highest BCUT2D eigenvalue weighted by Crippen LogP contribution is 1.96. The standard InChI is InChI=1S/C6H10O3/c1-2-3-5(7)4-6(8)9/h3,7H,2,4H2,1H3,(H,8,9)/b5-3-. The molecule has 9 heavy (non-hydrogen) atoms. The van der Waals surface area contributed by atoms with Gasteiger partial charge in [0.15, 0.2) is 0 Å². The van der Waals surface area contributed by atoms with Gasteiger partial charge in [-0.15, -0.1) is 0 Å². The van der Waals surface area contributed by atoms with Crippen LogP contribution in [0.4, 0.5) is 0 Å². The van der Waals surface area contributed by atoms with E-state index in [4.69, 9.17) is 10.2 Å². The Bertz CT molecular complexity index is 126. The van der Waals surface area contributed by atoms with Crippen LogP contribution in [0.25, 0.3) is 0 Å². The highest BCUT2D eigenvalue weighted by Gasteiger charge is 1.98. The number of carboxylic acids is 1. The summed E-state index contributed by atoms with van der Waals surface area (Å²) in [5.74, 6) is -1.07. The summed E-state index contributed by atoms with van der Waals surface area (Å²) in [6.45, 7) is 1.83. The van der Waals surface area contributed by atoms with Gasteiger partial charge in [0.2, 0.25) is 0 Å². The van der Waals surface area contributed by atoms with E-state index < -0.39 is 5.97 Å². The van der Waals surface area contributed by atoms with Crippen molar-refractivity contribution in [2.75, 3.05) is 0 Å². The van der Waals surface area contributed by atoms with Crippen LogP contribution in [0.1, 0.15) is 19.8 Å². The molecule has 0 spiro atoms. The van der Waals surface area contributed by atoms with E-state index in [0.29, 0.717) is 6.42 Å². The van der Waals surface area contributed by atoms with Crippen LogP contribution in [-0.2, 0) is 4.79 Å². The topological polar surface area (TPSA) is 57.5 Å². The van der Waals surface area contributed by atoms with E-state index in [1.165, 1.54) is 6.08 Å². The molecule has 0 rings (SSSR count). The zero-order valence-electron chi connectivity index (χ0n) is 5.29. The van der Waals surface area contributed by atoms with Gasteiger partial charge in [-0.1, -0.05) is 6.92 Å². The Morgan fingerprint density at radius 2 is 2.11 bits per heavy atom. The van der Waals surface area contributed by atoms with E-state index in [9.17, 15) is 4.79 Å². The van der Waals surface area contributed by atoms with Gasteiger partial charge in [0, 0.05) is 0 Å². The molecule has 0 heterocycles.